The zero-order chi connectivity index (χ0) is 9.14. The van der Waals surface area contributed by atoms with Gasteiger partial charge in [0.15, 0.2) is 0 Å². The van der Waals surface area contributed by atoms with Gasteiger partial charge in [-0.2, -0.15) is 0 Å². The summed E-state index contributed by atoms with van der Waals surface area (Å²) in [6.07, 6.45) is -0.440. The highest BCUT2D eigenvalue weighted by molar-refractivity contribution is 5.84. The highest BCUT2D eigenvalue weighted by atomic mass is 16.5. The first-order chi connectivity index (χ1) is 5.65. The van der Waals surface area contributed by atoms with Crippen molar-refractivity contribution in [2.24, 2.45) is 0 Å². The van der Waals surface area contributed by atoms with E-state index in [1.807, 2.05) is 6.92 Å². The maximum absolute atomic E-state index is 11.0. The lowest BCUT2D eigenvalue weighted by molar-refractivity contribution is 0.179. The molecule has 1 rings (SSSR count). The summed E-state index contributed by atoms with van der Waals surface area (Å²) in [5.74, 6) is 1.25. The predicted molar refractivity (Wildman–Crippen MR) is 44.3 cm³/mol. The third-order valence-electron chi connectivity index (χ3n) is 1.51. The van der Waals surface area contributed by atoms with Crippen LogP contribution in [-0.4, -0.2) is 20.3 Å². The Morgan fingerprint density at radius 1 is 1.58 bits per heavy atom. The summed E-state index contributed by atoms with van der Waals surface area (Å²) >= 11 is 0. The van der Waals surface area contributed by atoms with Crippen molar-refractivity contribution in [3.8, 4) is 0 Å². The van der Waals surface area contributed by atoms with E-state index in [1.165, 1.54) is 12.0 Å². The van der Waals surface area contributed by atoms with Crippen molar-refractivity contribution < 1.29 is 13.9 Å². The van der Waals surface area contributed by atoms with Gasteiger partial charge in [0.1, 0.15) is 5.76 Å². The van der Waals surface area contributed by atoms with E-state index in [1.54, 1.807) is 19.2 Å². The van der Waals surface area contributed by atoms with Gasteiger partial charge in [-0.25, -0.2) is 4.79 Å². The highest BCUT2D eigenvalue weighted by Gasteiger charge is 2.12. The summed E-state index contributed by atoms with van der Waals surface area (Å²) in [5, 5.41) is 0. The van der Waals surface area contributed by atoms with Gasteiger partial charge in [-0.05, 0) is 13.0 Å². The van der Waals surface area contributed by atoms with Crippen LogP contribution in [0.5, 0.6) is 0 Å². The van der Waals surface area contributed by atoms with Gasteiger partial charge in [0.2, 0.25) is 5.88 Å². The first kappa shape index (κ1) is 8.64. The van der Waals surface area contributed by atoms with Crippen molar-refractivity contribution in [1.29, 1.82) is 0 Å². The van der Waals surface area contributed by atoms with Gasteiger partial charge < -0.3 is 9.15 Å². The summed E-state index contributed by atoms with van der Waals surface area (Å²) in [5.41, 5.74) is 0. The fraction of sp³-hybridized carbons (Fsp3) is 0.375. The molecule has 0 aliphatic heterocycles. The molecule has 0 aliphatic rings. The molecular weight excluding hydrogens is 158 g/mol. The fourth-order valence-corrected chi connectivity index (χ4v) is 0.829. The normalized spacial score (nSPS) is 9.58. The van der Waals surface area contributed by atoms with Crippen LogP contribution in [0.4, 0.5) is 10.7 Å². The van der Waals surface area contributed by atoms with Crippen molar-refractivity contribution in [3.63, 3.8) is 0 Å². The van der Waals surface area contributed by atoms with E-state index >= 15 is 0 Å². The van der Waals surface area contributed by atoms with Gasteiger partial charge in [-0.3, -0.25) is 4.90 Å². The van der Waals surface area contributed by atoms with Gasteiger partial charge in [0.25, 0.3) is 0 Å². The molecular formula is C8H11NO3. The molecule has 0 atom stereocenters. The molecule has 0 aliphatic carbocycles. The molecule has 66 valence electrons. The molecule has 0 N–H and O–H groups in total. The van der Waals surface area contributed by atoms with Crippen LogP contribution in [0.2, 0.25) is 0 Å². The maximum atomic E-state index is 11.0. The third-order valence-corrected chi connectivity index (χ3v) is 1.51. The lowest BCUT2D eigenvalue weighted by Crippen LogP contribution is -2.25. The number of hydrogen-bond acceptors (Lipinski definition) is 3. The number of ether oxygens (including phenoxy) is 1. The van der Waals surface area contributed by atoms with E-state index in [9.17, 15) is 4.79 Å². The molecule has 1 aromatic heterocycles. The quantitative estimate of drug-likeness (QED) is 0.643. The topological polar surface area (TPSA) is 42.7 Å². The molecule has 1 amide bonds. The lowest BCUT2D eigenvalue weighted by atomic mass is 10.5. The van der Waals surface area contributed by atoms with Crippen LogP contribution in [0.3, 0.4) is 0 Å². The fourth-order valence-electron chi connectivity index (χ4n) is 0.829. The molecule has 4 heteroatoms. The largest absolute Gasteiger partial charge is 0.452 e. The summed E-state index contributed by atoms with van der Waals surface area (Å²) in [6.45, 7) is 1.81. The standard InChI is InChI=1S/C8H11NO3/c1-6-4-5-7(12-6)9(2)8(10)11-3/h4-5H,1-3H3. The molecule has 0 saturated heterocycles. The van der Waals surface area contributed by atoms with Crippen molar-refractivity contribution in [1.82, 2.24) is 0 Å². The lowest BCUT2D eigenvalue weighted by Gasteiger charge is -2.10. The number of nitrogens with zero attached hydrogens (tertiary/aromatic N) is 1. The summed E-state index contributed by atoms with van der Waals surface area (Å²) in [7, 11) is 2.92. The number of hydrogen-bond donors (Lipinski definition) is 0. The molecule has 0 aromatic carbocycles. The minimum Gasteiger partial charge on any atom is -0.452 e. The minimum atomic E-state index is -0.440. The minimum absolute atomic E-state index is 0.440. The molecule has 12 heavy (non-hydrogen) atoms. The molecule has 4 nitrogen and oxygen atoms in total. The van der Waals surface area contributed by atoms with Crippen molar-refractivity contribution in [2.45, 2.75) is 6.92 Å². The predicted octanol–water partition coefficient (Wildman–Crippen LogP) is 1.79. The average Bonchev–Trinajstić information content (AvgIpc) is 2.49. The number of furan rings is 1. The first-order valence-electron chi connectivity index (χ1n) is 3.53. The van der Waals surface area contributed by atoms with E-state index in [0.717, 1.165) is 5.76 Å². The highest BCUT2D eigenvalue weighted by Crippen LogP contribution is 2.16. The Hall–Kier alpha value is -1.45. The van der Waals surface area contributed by atoms with Crippen LogP contribution in [0, 0.1) is 6.92 Å². The number of methoxy groups -OCH3 is 1. The molecule has 0 fully saturated rings. The summed E-state index contributed by atoms with van der Waals surface area (Å²) in [4.78, 5) is 12.3. The third kappa shape index (κ3) is 1.58. The zero-order valence-corrected chi connectivity index (χ0v) is 7.33. The van der Waals surface area contributed by atoms with E-state index in [0.29, 0.717) is 5.88 Å². The molecule has 0 saturated carbocycles. The van der Waals surface area contributed by atoms with Crippen LogP contribution in [0.15, 0.2) is 16.5 Å². The van der Waals surface area contributed by atoms with Crippen LogP contribution >= 0.6 is 0 Å². The smallest absolute Gasteiger partial charge is 0.416 e. The Kier molecular flexibility index (Phi) is 2.38. The number of rotatable bonds is 1. The second-order valence-corrected chi connectivity index (χ2v) is 2.41. The second kappa shape index (κ2) is 3.30. The Bertz CT molecular complexity index is 280. The number of aryl methyl sites for hydroxylation is 1. The van der Waals surface area contributed by atoms with Crippen LogP contribution < -0.4 is 4.90 Å². The number of carbonyl (C=O) groups is 1. The van der Waals surface area contributed by atoms with E-state index in [4.69, 9.17) is 4.42 Å². The molecule has 0 bridgehead atoms. The van der Waals surface area contributed by atoms with Gasteiger partial charge in [0.05, 0.1) is 7.11 Å². The van der Waals surface area contributed by atoms with Crippen LogP contribution in [0.25, 0.3) is 0 Å². The number of carbonyl (C=O) groups excluding carboxylic acids is 1. The second-order valence-electron chi connectivity index (χ2n) is 2.41. The van der Waals surface area contributed by atoms with Crippen molar-refractivity contribution >= 4 is 12.0 Å². The molecule has 0 radical (unpaired) electrons. The SMILES string of the molecule is COC(=O)N(C)c1ccc(C)o1. The Labute approximate surface area is 70.7 Å². The van der Waals surface area contributed by atoms with Crippen molar-refractivity contribution in [2.75, 3.05) is 19.1 Å². The van der Waals surface area contributed by atoms with Gasteiger partial charge in [-0.1, -0.05) is 0 Å². The molecule has 0 unspecified atom stereocenters. The summed E-state index contributed by atoms with van der Waals surface area (Å²) in [6, 6.07) is 3.50. The van der Waals surface area contributed by atoms with Gasteiger partial charge in [-0.15, -0.1) is 0 Å². The zero-order valence-electron chi connectivity index (χ0n) is 7.33. The van der Waals surface area contributed by atoms with Crippen molar-refractivity contribution in [3.05, 3.63) is 17.9 Å². The molecule has 1 aromatic rings. The van der Waals surface area contributed by atoms with Crippen LogP contribution in [0.1, 0.15) is 5.76 Å². The number of amides is 1. The van der Waals surface area contributed by atoms with Crippen LogP contribution in [-0.2, 0) is 4.74 Å². The molecule has 0 spiro atoms. The first-order valence-corrected chi connectivity index (χ1v) is 3.53. The van der Waals surface area contributed by atoms with E-state index in [2.05, 4.69) is 4.74 Å². The average molecular weight is 169 g/mol. The summed E-state index contributed by atoms with van der Waals surface area (Å²) < 4.78 is 9.70. The van der Waals surface area contributed by atoms with Gasteiger partial charge >= 0.3 is 6.09 Å². The Morgan fingerprint density at radius 3 is 2.67 bits per heavy atom. The molecule has 1 heterocycles. The van der Waals surface area contributed by atoms with E-state index in [-0.39, 0.29) is 0 Å². The van der Waals surface area contributed by atoms with Gasteiger partial charge in [0, 0.05) is 13.1 Å². The Morgan fingerprint density at radius 2 is 2.25 bits per heavy atom. The number of anilines is 1. The monoisotopic (exact) mass is 169 g/mol. The maximum Gasteiger partial charge on any atom is 0.416 e. The Balaban J connectivity index is 2.77. The van der Waals surface area contributed by atoms with E-state index < -0.39 is 6.09 Å².